The van der Waals surface area contributed by atoms with Gasteiger partial charge in [-0.1, -0.05) is 0 Å². The molecule has 2 amide bonds. The van der Waals surface area contributed by atoms with Crippen molar-refractivity contribution in [3.63, 3.8) is 0 Å². The van der Waals surface area contributed by atoms with E-state index in [1.54, 1.807) is 29.6 Å². The van der Waals surface area contributed by atoms with Gasteiger partial charge in [-0.05, 0) is 25.0 Å². The topological polar surface area (TPSA) is 75.9 Å². The zero-order valence-electron chi connectivity index (χ0n) is 10.4. The Kier molecular flexibility index (Phi) is 3.09. The molecule has 0 saturated carbocycles. The molecule has 1 aliphatic rings. The highest BCUT2D eigenvalue weighted by molar-refractivity contribution is 5.91. The molecule has 3 rings (SSSR count). The number of rotatable bonds is 2. The maximum atomic E-state index is 12.1. The predicted molar refractivity (Wildman–Crippen MR) is 69.0 cm³/mol. The van der Waals surface area contributed by atoms with E-state index in [4.69, 9.17) is 0 Å². The highest BCUT2D eigenvalue weighted by Gasteiger charge is 2.19. The van der Waals surface area contributed by atoms with E-state index >= 15 is 0 Å². The van der Waals surface area contributed by atoms with Gasteiger partial charge in [0, 0.05) is 19.3 Å². The summed E-state index contributed by atoms with van der Waals surface area (Å²) in [6, 6.07) is 3.49. The van der Waals surface area contributed by atoms with Crippen molar-refractivity contribution >= 4 is 11.7 Å². The molecule has 1 saturated heterocycles. The van der Waals surface area contributed by atoms with Crippen LogP contribution in [0.1, 0.15) is 12.8 Å². The Bertz CT molecular complexity index is 561. The number of carbonyl (C=O) groups excluding carboxylic acids is 1. The lowest BCUT2D eigenvalue weighted by Gasteiger charge is -2.17. The lowest BCUT2D eigenvalue weighted by molar-refractivity contribution is 0.222. The number of anilines is 1. The van der Waals surface area contributed by atoms with Gasteiger partial charge >= 0.3 is 6.03 Å². The first-order chi connectivity index (χ1) is 9.34. The van der Waals surface area contributed by atoms with Crippen LogP contribution < -0.4 is 5.32 Å². The van der Waals surface area contributed by atoms with Gasteiger partial charge in [-0.15, -0.1) is 0 Å². The lowest BCUT2D eigenvalue weighted by atomic mass is 10.4. The minimum atomic E-state index is -0.0909. The zero-order valence-corrected chi connectivity index (χ0v) is 10.4. The summed E-state index contributed by atoms with van der Waals surface area (Å²) in [5, 5.41) is 6.91. The molecule has 0 aliphatic carbocycles. The van der Waals surface area contributed by atoms with Gasteiger partial charge in [-0.2, -0.15) is 5.10 Å². The first-order valence-corrected chi connectivity index (χ1v) is 6.20. The maximum Gasteiger partial charge on any atom is 0.321 e. The van der Waals surface area contributed by atoms with Crippen molar-refractivity contribution in [1.29, 1.82) is 0 Å². The van der Waals surface area contributed by atoms with E-state index < -0.39 is 0 Å². The molecule has 7 heteroatoms. The second kappa shape index (κ2) is 5.05. The van der Waals surface area contributed by atoms with Crippen LogP contribution in [-0.4, -0.2) is 43.8 Å². The summed E-state index contributed by atoms with van der Waals surface area (Å²) < 4.78 is 1.53. The van der Waals surface area contributed by atoms with Crippen molar-refractivity contribution in [3.8, 4) is 5.82 Å². The van der Waals surface area contributed by atoms with Crippen LogP contribution >= 0.6 is 0 Å². The van der Waals surface area contributed by atoms with Gasteiger partial charge < -0.3 is 10.2 Å². The Morgan fingerprint density at radius 1 is 1.32 bits per heavy atom. The molecule has 1 aliphatic heterocycles. The van der Waals surface area contributed by atoms with Gasteiger partial charge in [-0.25, -0.2) is 19.4 Å². The van der Waals surface area contributed by atoms with Crippen molar-refractivity contribution in [2.24, 2.45) is 0 Å². The van der Waals surface area contributed by atoms with Gasteiger partial charge in [0.05, 0.1) is 5.69 Å². The molecular weight excluding hydrogens is 244 g/mol. The second-order valence-electron chi connectivity index (χ2n) is 4.34. The zero-order chi connectivity index (χ0) is 13.1. The monoisotopic (exact) mass is 258 g/mol. The molecule has 0 atom stereocenters. The van der Waals surface area contributed by atoms with Crippen LogP contribution in [0.4, 0.5) is 10.5 Å². The van der Waals surface area contributed by atoms with Gasteiger partial charge in [0.1, 0.15) is 12.7 Å². The molecule has 2 aromatic rings. The fourth-order valence-corrected chi connectivity index (χ4v) is 2.11. The summed E-state index contributed by atoms with van der Waals surface area (Å²) >= 11 is 0. The first kappa shape index (κ1) is 11.6. The van der Waals surface area contributed by atoms with Gasteiger partial charge in [0.2, 0.25) is 0 Å². The van der Waals surface area contributed by atoms with Crippen molar-refractivity contribution in [3.05, 3.63) is 31.0 Å². The third kappa shape index (κ3) is 2.40. The third-order valence-electron chi connectivity index (χ3n) is 3.06. The Morgan fingerprint density at radius 3 is 2.89 bits per heavy atom. The number of nitrogens with zero attached hydrogens (tertiary/aromatic N) is 5. The number of nitrogens with one attached hydrogen (secondary N) is 1. The minimum Gasteiger partial charge on any atom is -0.325 e. The van der Waals surface area contributed by atoms with E-state index in [0.717, 1.165) is 25.9 Å². The van der Waals surface area contributed by atoms with Crippen LogP contribution in [0, 0.1) is 0 Å². The summed E-state index contributed by atoms with van der Waals surface area (Å²) in [6.45, 7) is 1.62. The van der Waals surface area contributed by atoms with Gasteiger partial charge in [0.25, 0.3) is 0 Å². The second-order valence-corrected chi connectivity index (χ2v) is 4.34. The number of likely N-dealkylation sites (tertiary alicyclic amines) is 1. The number of pyridine rings is 1. The smallest absolute Gasteiger partial charge is 0.321 e. The molecule has 3 heterocycles. The SMILES string of the molecule is O=C(Nc1cccnc1-n1cncn1)N1CCCC1. The molecule has 0 spiro atoms. The Labute approximate surface area is 110 Å². The van der Waals surface area contributed by atoms with Crippen LogP contribution in [0.25, 0.3) is 5.82 Å². The number of urea groups is 1. The molecular formula is C12H14N6O. The fourth-order valence-electron chi connectivity index (χ4n) is 2.11. The minimum absolute atomic E-state index is 0.0909. The fraction of sp³-hybridized carbons (Fsp3) is 0.333. The molecule has 19 heavy (non-hydrogen) atoms. The average molecular weight is 258 g/mol. The van der Waals surface area contributed by atoms with Crippen LogP contribution in [0.5, 0.6) is 0 Å². The summed E-state index contributed by atoms with van der Waals surface area (Å²) in [6.07, 6.45) is 6.77. The number of hydrogen-bond donors (Lipinski definition) is 1. The van der Waals surface area contributed by atoms with E-state index in [1.165, 1.54) is 11.0 Å². The molecule has 98 valence electrons. The van der Waals surface area contributed by atoms with Crippen molar-refractivity contribution in [2.45, 2.75) is 12.8 Å². The van der Waals surface area contributed by atoms with Crippen LogP contribution in [0.2, 0.25) is 0 Å². The molecule has 7 nitrogen and oxygen atoms in total. The van der Waals surface area contributed by atoms with Gasteiger partial charge in [0.15, 0.2) is 5.82 Å². The molecule has 1 fully saturated rings. The highest BCUT2D eigenvalue weighted by Crippen LogP contribution is 2.17. The van der Waals surface area contributed by atoms with E-state index in [9.17, 15) is 4.79 Å². The summed E-state index contributed by atoms with van der Waals surface area (Å²) in [5.41, 5.74) is 0.630. The Morgan fingerprint density at radius 2 is 2.16 bits per heavy atom. The average Bonchev–Trinajstić information content (AvgIpc) is 3.13. The standard InChI is InChI=1S/C12H14N6O/c19-12(17-6-1-2-7-17)16-10-4-3-5-14-11(10)18-9-13-8-15-18/h3-5,8-9H,1-2,6-7H2,(H,16,19). The normalized spacial score (nSPS) is 14.6. The van der Waals surface area contributed by atoms with E-state index in [1.807, 2.05) is 0 Å². The van der Waals surface area contributed by atoms with Crippen molar-refractivity contribution in [1.82, 2.24) is 24.6 Å². The third-order valence-corrected chi connectivity index (χ3v) is 3.06. The van der Waals surface area contributed by atoms with Crippen molar-refractivity contribution in [2.75, 3.05) is 18.4 Å². The maximum absolute atomic E-state index is 12.1. The molecule has 2 aromatic heterocycles. The molecule has 0 unspecified atom stereocenters. The lowest BCUT2D eigenvalue weighted by Crippen LogP contribution is -2.32. The number of amides is 2. The number of hydrogen-bond acceptors (Lipinski definition) is 4. The molecule has 0 bridgehead atoms. The number of aromatic nitrogens is 4. The predicted octanol–water partition coefficient (Wildman–Crippen LogP) is 1.29. The summed E-state index contributed by atoms with van der Waals surface area (Å²) in [4.78, 5) is 22.0. The van der Waals surface area contributed by atoms with Crippen LogP contribution in [0.15, 0.2) is 31.0 Å². The molecule has 0 radical (unpaired) electrons. The van der Waals surface area contributed by atoms with E-state index in [0.29, 0.717) is 11.5 Å². The quantitative estimate of drug-likeness (QED) is 0.880. The van der Waals surface area contributed by atoms with Crippen LogP contribution in [-0.2, 0) is 0 Å². The molecule has 0 aromatic carbocycles. The number of carbonyl (C=O) groups is 1. The van der Waals surface area contributed by atoms with E-state index in [-0.39, 0.29) is 6.03 Å². The molecule has 1 N–H and O–H groups in total. The van der Waals surface area contributed by atoms with Crippen molar-refractivity contribution < 1.29 is 4.79 Å². The first-order valence-electron chi connectivity index (χ1n) is 6.20. The Balaban J connectivity index is 1.83. The largest absolute Gasteiger partial charge is 0.325 e. The highest BCUT2D eigenvalue weighted by atomic mass is 16.2. The Hall–Kier alpha value is -2.44. The summed E-state index contributed by atoms with van der Waals surface area (Å²) in [5.74, 6) is 0.563. The van der Waals surface area contributed by atoms with E-state index in [2.05, 4.69) is 20.4 Å². The van der Waals surface area contributed by atoms with Gasteiger partial charge in [-0.3, -0.25) is 0 Å². The van der Waals surface area contributed by atoms with Crippen LogP contribution in [0.3, 0.4) is 0 Å². The summed E-state index contributed by atoms with van der Waals surface area (Å²) in [7, 11) is 0.